The summed E-state index contributed by atoms with van der Waals surface area (Å²) in [5.41, 5.74) is 0.0162. The summed E-state index contributed by atoms with van der Waals surface area (Å²) in [6, 6.07) is 5.02. The van der Waals surface area contributed by atoms with Crippen molar-refractivity contribution in [2.24, 2.45) is 0 Å². The van der Waals surface area contributed by atoms with Crippen molar-refractivity contribution in [3.63, 3.8) is 0 Å². The fraction of sp³-hybridized carbons (Fsp3) is 0.533. The van der Waals surface area contributed by atoms with Crippen molar-refractivity contribution >= 4 is 5.97 Å². The molecule has 1 unspecified atom stereocenters. The quantitative estimate of drug-likeness (QED) is 0.840. The molecule has 112 valence electrons. The zero-order valence-corrected chi connectivity index (χ0v) is 12.6. The molecule has 0 saturated heterocycles. The van der Waals surface area contributed by atoms with E-state index in [2.05, 4.69) is 0 Å². The Labute approximate surface area is 119 Å². The number of aliphatic hydroxyl groups excluding tert-OH is 1. The number of benzene rings is 1. The topological polar surface area (TPSA) is 65.0 Å². The van der Waals surface area contributed by atoms with Crippen molar-refractivity contribution in [3.05, 3.63) is 23.8 Å². The minimum Gasteiger partial charge on any atom is -0.493 e. The first-order chi connectivity index (χ1) is 9.26. The predicted octanol–water partition coefficient (Wildman–Crippen LogP) is 2.47. The molecule has 5 heteroatoms. The van der Waals surface area contributed by atoms with E-state index in [4.69, 9.17) is 14.2 Å². The van der Waals surface area contributed by atoms with E-state index in [9.17, 15) is 9.90 Å². The Kier molecular flexibility index (Phi) is 5.39. The summed E-state index contributed by atoms with van der Waals surface area (Å²) in [4.78, 5) is 11.7. The summed E-state index contributed by atoms with van der Waals surface area (Å²) < 4.78 is 15.5. The minimum absolute atomic E-state index is 0.104. The Morgan fingerprint density at radius 1 is 1.20 bits per heavy atom. The molecule has 1 atom stereocenters. The second-order valence-corrected chi connectivity index (χ2v) is 5.42. The lowest BCUT2D eigenvalue weighted by Crippen LogP contribution is -2.24. The normalized spacial score (nSPS) is 12.7. The highest BCUT2D eigenvalue weighted by atomic mass is 16.6. The highest BCUT2D eigenvalue weighted by Gasteiger charge is 2.21. The molecule has 0 aliphatic heterocycles. The van der Waals surface area contributed by atoms with Crippen molar-refractivity contribution in [2.75, 3.05) is 14.2 Å². The first kappa shape index (κ1) is 16.3. The molecule has 20 heavy (non-hydrogen) atoms. The molecule has 0 aromatic heterocycles. The number of aliphatic hydroxyl groups is 1. The highest BCUT2D eigenvalue weighted by Crippen LogP contribution is 2.31. The van der Waals surface area contributed by atoms with Crippen LogP contribution in [0.5, 0.6) is 11.5 Å². The molecular weight excluding hydrogens is 260 g/mol. The Hall–Kier alpha value is -1.75. The van der Waals surface area contributed by atoms with Gasteiger partial charge in [-0.05, 0) is 38.5 Å². The van der Waals surface area contributed by atoms with Gasteiger partial charge in [0, 0.05) is 0 Å². The molecule has 1 N–H and O–H groups in total. The van der Waals surface area contributed by atoms with Crippen LogP contribution < -0.4 is 9.47 Å². The molecule has 0 heterocycles. The lowest BCUT2D eigenvalue weighted by molar-refractivity contribution is -0.157. The van der Waals surface area contributed by atoms with Gasteiger partial charge in [0.15, 0.2) is 11.5 Å². The zero-order chi connectivity index (χ0) is 15.3. The number of ether oxygens (including phenoxy) is 3. The van der Waals surface area contributed by atoms with Crippen LogP contribution in [0.15, 0.2) is 18.2 Å². The van der Waals surface area contributed by atoms with Crippen LogP contribution in [0.1, 0.15) is 38.9 Å². The van der Waals surface area contributed by atoms with Gasteiger partial charge in [-0.15, -0.1) is 0 Å². The second-order valence-electron chi connectivity index (χ2n) is 5.42. The van der Waals surface area contributed by atoms with E-state index in [1.54, 1.807) is 39.0 Å². The van der Waals surface area contributed by atoms with Crippen molar-refractivity contribution in [1.29, 1.82) is 0 Å². The summed E-state index contributed by atoms with van der Waals surface area (Å²) in [5.74, 6) is 0.633. The van der Waals surface area contributed by atoms with E-state index in [1.807, 2.05) is 0 Å². The minimum atomic E-state index is -0.940. The summed E-state index contributed by atoms with van der Waals surface area (Å²) in [6.07, 6.45) is -1.04. The zero-order valence-electron chi connectivity index (χ0n) is 12.6. The standard InChI is InChI=1S/C15H22O5/c1-15(2,3)20-14(17)9-11(16)10-6-7-12(18-4)13(8-10)19-5/h6-8,11,16H,9H2,1-5H3. The van der Waals surface area contributed by atoms with E-state index in [-0.39, 0.29) is 6.42 Å². The summed E-state index contributed by atoms with van der Waals surface area (Å²) in [5, 5.41) is 10.1. The number of hydrogen-bond donors (Lipinski definition) is 1. The predicted molar refractivity (Wildman–Crippen MR) is 75.0 cm³/mol. The number of rotatable bonds is 5. The number of esters is 1. The maximum Gasteiger partial charge on any atom is 0.309 e. The Bertz CT molecular complexity index is 462. The fourth-order valence-corrected chi connectivity index (χ4v) is 1.72. The average Bonchev–Trinajstić information content (AvgIpc) is 2.35. The van der Waals surface area contributed by atoms with E-state index in [1.165, 1.54) is 14.2 Å². The van der Waals surface area contributed by atoms with Crippen molar-refractivity contribution in [2.45, 2.75) is 38.9 Å². The van der Waals surface area contributed by atoms with E-state index in [0.717, 1.165) is 0 Å². The summed E-state index contributed by atoms with van der Waals surface area (Å²) in [6.45, 7) is 5.36. The molecule has 1 rings (SSSR count). The largest absolute Gasteiger partial charge is 0.493 e. The van der Waals surface area contributed by atoms with Crippen molar-refractivity contribution in [1.82, 2.24) is 0 Å². The van der Waals surface area contributed by atoms with Crippen LogP contribution in [0.25, 0.3) is 0 Å². The Morgan fingerprint density at radius 3 is 2.30 bits per heavy atom. The Morgan fingerprint density at radius 2 is 1.80 bits per heavy atom. The van der Waals surface area contributed by atoms with Crippen LogP contribution in [0.4, 0.5) is 0 Å². The smallest absolute Gasteiger partial charge is 0.309 e. The van der Waals surface area contributed by atoms with Gasteiger partial charge in [0.2, 0.25) is 0 Å². The molecule has 0 fully saturated rings. The molecule has 0 saturated carbocycles. The third-order valence-electron chi connectivity index (χ3n) is 2.57. The van der Waals surface area contributed by atoms with E-state index >= 15 is 0 Å². The van der Waals surface area contributed by atoms with Gasteiger partial charge in [-0.3, -0.25) is 4.79 Å². The van der Waals surface area contributed by atoms with Crippen LogP contribution in [0.3, 0.4) is 0 Å². The van der Waals surface area contributed by atoms with E-state index in [0.29, 0.717) is 17.1 Å². The third-order valence-corrected chi connectivity index (χ3v) is 2.57. The molecule has 0 aliphatic carbocycles. The van der Waals surface area contributed by atoms with Gasteiger partial charge < -0.3 is 19.3 Å². The van der Waals surface area contributed by atoms with Gasteiger partial charge in [0.05, 0.1) is 26.7 Å². The van der Waals surface area contributed by atoms with Crippen molar-refractivity contribution < 1.29 is 24.1 Å². The van der Waals surface area contributed by atoms with Gasteiger partial charge in [0.25, 0.3) is 0 Å². The van der Waals surface area contributed by atoms with Gasteiger partial charge >= 0.3 is 5.97 Å². The molecular formula is C15H22O5. The second kappa shape index (κ2) is 6.61. The maximum absolute atomic E-state index is 11.7. The molecule has 0 amide bonds. The van der Waals surface area contributed by atoms with Gasteiger partial charge in [-0.1, -0.05) is 6.07 Å². The first-order valence-electron chi connectivity index (χ1n) is 6.38. The van der Waals surface area contributed by atoms with Gasteiger partial charge in [-0.2, -0.15) is 0 Å². The average molecular weight is 282 g/mol. The van der Waals surface area contributed by atoms with E-state index < -0.39 is 17.7 Å². The number of carbonyl (C=O) groups excluding carboxylic acids is 1. The van der Waals surface area contributed by atoms with Gasteiger partial charge in [-0.25, -0.2) is 0 Å². The third kappa shape index (κ3) is 4.74. The first-order valence-corrected chi connectivity index (χ1v) is 6.38. The molecule has 1 aromatic carbocycles. The highest BCUT2D eigenvalue weighted by molar-refractivity contribution is 5.70. The van der Waals surface area contributed by atoms with Crippen LogP contribution >= 0.6 is 0 Å². The maximum atomic E-state index is 11.7. The molecule has 0 aliphatic rings. The number of methoxy groups -OCH3 is 2. The fourth-order valence-electron chi connectivity index (χ4n) is 1.72. The lowest BCUT2D eigenvalue weighted by Gasteiger charge is -2.21. The molecule has 0 spiro atoms. The SMILES string of the molecule is COc1ccc(C(O)CC(=O)OC(C)(C)C)cc1OC. The summed E-state index contributed by atoms with van der Waals surface area (Å²) in [7, 11) is 3.05. The van der Waals surface area contributed by atoms with Gasteiger partial charge in [0.1, 0.15) is 5.60 Å². The van der Waals surface area contributed by atoms with Crippen LogP contribution in [0, 0.1) is 0 Å². The summed E-state index contributed by atoms with van der Waals surface area (Å²) >= 11 is 0. The van der Waals surface area contributed by atoms with Crippen LogP contribution in [-0.2, 0) is 9.53 Å². The van der Waals surface area contributed by atoms with Crippen molar-refractivity contribution in [3.8, 4) is 11.5 Å². The molecule has 0 radical (unpaired) electrons. The number of carbonyl (C=O) groups is 1. The Balaban J connectivity index is 2.77. The monoisotopic (exact) mass is 282 g/mol. The molecule has 0 bridgehead atoms. The molecule has 1 aromatic rings. The molecule has 5 nitrogen and oxygen atoms in total. The lowest BCUT2D eigenvalue weighted by atomic mass is 10.1. The van der Waals surface area contributed by atoms with Crippen LogP contribution in [0.2, 0.25) is 0 Å². The number of hydrogen-bond acceptors (Lipinski definition) is 5. The van der Waals surface area contributed by atoms with Crippen LogP contribution in [-0.4, -0.2) is 30.9 Å².